The number of H-pyrrole nitrogens is 1. The monoisotopic (exact) mass is 522 g/mol. The number of hydrogen-bond acceptors (Lipinski definition) is 7. The number of halogens is 3. The van der Waals surface area contributed by atoms with Gasteiger partial charge in [0.25, 0.3) is 5.56 Å². The number of hydrogen-bond donors (Lipinski definition) is 2. The number of rotatable bonds is 9. The van der Waals surface area contributed by atoms with E-state index in [1.807, 2.05) is 0 Å². The summed E-state index contributed by atoms with van der Waals surface area (Å²) < 4.78 is 59.0. The Balaban J connectivity index is 1.71. The van der Waals surface area contributed by atoms with Crippen LogP contribution in [0.25, 0.3) is 16.6 Å². The van der Waals surface area contributed by atoms with Gasteiger partial charge in [-0.25, -0.2) is 22.9 Å². The van der Waals surface area contributed by atoms with Gasteiger partial charge in [-0.1, -0.05) is 6.07 Å². The molecule has 0 saturated carbocycles. The van der Waals surface area contributed by atoms with E-state index in [1.54, 1.807) is 0 Å². The van der Waals surface area contributed by atoms with Gasteiger partial charge in [0.05, 0.1) is 23.2 Å². The van der Waals surface area contributed by atoms with Crippen LogP contribution in [0.3, 0.4) is 0 Å². The molecule has 0 aliphatic rings. The van der Waals surface area contributed by atoms with Crippen molar-refractivity contribution in [2.24, 2.45) is 0 Å². The molecule has 4 rings (SSSR count). The fourth-order valence-electron chi connectivity index (χ4n) is 3.39. The maximum Gasteiger partial charge on any atom is 0.346 e. The lowest BCUT2D eigenvalue weighted by atomic mass is 10.2. The van der Waals surface area contributed by atoms with Gasteiger partial charge in [-0.15, -0.1) is 11.3 Å². The number of aromatic amines is 1. The molecule has 0 bridgehead atoms. The zero-order valence-electron chi connectivity index (χ0n) is 18.5. The van der Waals surface area contributed by atoms with Crippen molar-refractivity contribution < 1.29 is 37.3 Å². The van der Waals surface area contributed by atoms with Crippen LogP contribution < -0.4 is 20.7 Å². The molecule has 0 saturated heterocycles. The molecule has 2 heterocycles. The second-order valence-electron chi connectivity index (χ2n) is 7.33. The standard InChI is InChI=1S/C23H17F3N2O7S/c1-33-6-7-34-16-5-4-13(25)18(26)19(16)35-9-11-2-3-12(24)15(8-11)28-21(29)17-14(27-23(28)32)10-36-20(17)22(30)31/h2-5,8,10H,6-7,9H2,1H3,(H,27,32)(H,30,31). The Morgan fingerprint density at radius 2 is 1.83 bits per heavy atom. The van der Waals surface area contributed by atoms with E-state index in [4.69, 9.17) is 14.2 Å². The Labute approximate surface area is 203 Å². The predicted octanol–water partition coefficient (Wildman–Crippen LogP) is 3.46. The Bertz CT molecular complexity index is 1580. The largest absolute Gasteiger partial charge is 0.487 e. The number of carbonyl (C=O) groups is 1. The summed E-state index contributed by atoms with van der Waals surface area (Å²) in [6, 6.07) is 5.35. The number of benzene rings is 2. The Morgan fingerprint density at radius 3 is 2.56 bits per heavy atom. The minimum absolute atomic E-state index is 0.00567. The lowest BCUT2D eigenvalue weighted by Crippen LogP contribution is -2.34. The third-order valence-electron chi connectivity index (χ3n) is 5.04. The highest BCUT2D eigenvalue weighted by molar-refractivity contribution is 7.13. The number of ether oxygens (including phenoxy) is 3. The second kappa shape index (κ2) is 10.3. The quantitative estimate of drug-likeness (QED) is 0.323. The molecule has 36 heavy (non-hydrogen) atoms. The van der Waals surface area contributed by atoms with E-state index >= 15 is 0 Å². The van der Waals surface area contributed by atoms with Crippen molar-refractivity contribution in [1.82, 2.24) is 9.55 Å². The summed E-state index contributed by atoms with van der Waals surface area (Å²) in [6.07, 6.45) is 0. The molecule has 2 aromatic heterocycles. The molecular weight excluding hydrogens is 505 g/mol. The molecule has 9 nitrogen and oxygen atoms in total. The Kier molecular flexibility index (Phi) is 7.12. The minimum Gasteiger partial charge on any atom is -0.487 e. The maximum absolute atomic E-state index is 14.7. The Morgan fingerprint density at radius 1 is 1.08 bits per heavy atom. The van der Waals surface area contributed by atoms with Gasteiger partial charge < -0.3 is 24.3 Å². The van der Waals surface area contributed by atoms with Crippen molar-refractivity contribution in [3.8, 4) is 17.2 Å². The van der Waals surface area contributed by atoms with E-state index in [1.165, 1.54) is 24.6 Å². The van der Waals surface area contributed by atoms with Crippen molar-refractivity contribution in [2.45, 2.75) is 6.61 Å². The fourth-order valence-corrected chi connectivity index (χ4v) is 4.21. The van der Waals surface area contributed by atoms with Gasteiger partial charge in [0, 0.05) is 12.5 Å². The molecule has 0 atom stereocenters. The first-order valence-corrected chi connectivity index (χ1v) is 11.1. The molecule has 0 radical (unpaired) electrons. The van der Waals surface area contributed by atoms with Crippen LogP contribution in [0, 0.1) is 17.5 Å². The highest BCUT2D eigenvalue weighted by Crippen LogP contribution is 2.33. The van der Waals surface area contributed by atoms with Crippen LogP contribution in [0.2, 0.25) is 0 Å². The minimum atomic E-state index is -1.38. The number of carboxylic acid groups (broad SMARTS) is 1. The zero-order valence-corrected chi connectivity index (χ0v) is 19.3. The molecule has 0 aliphatic heterocycles. The van der Waals surface area contributed by atoms with Crippen molar-refractivity contribution in [1.29, 1.82) is 0 Å². The molecular formula is C23H17F3N2O7S. The van der Waals surface area contributed by atoms with Crippen LogP contribution in [0.4, 0.5) is 13.2 Å². The van der Waals surface area contributed by atoms with E-state index in [0.29, 0.717) is 4.57 Å². The van der Waals surface area contributed by atoms with Gasteiger partial charge in [0.15, 0.2) is 11.6 Å². The SMILES string of the molecule is COCCOc1ccc(F)c(F)c1OCc1ccc(F)c(-n2c(=O)[nH]c3csc(C(=O)O)c3c2=O)c1. The molecule has 0 amide bonds. The van der Waals surface area contributed by atoms with Gasteiger partial charge in [-0.2, -0.15) is 4.39 Å². The first-order valence-electron chi connectivity index (χ1n) is 10.2. The maximum atomic E-state index is 14.7. The van der Waals surface area contributed by atoms with E-state index in [9.17, 15) is 32.7 Å². The number of thiophene rings is 1. The number of methoxy groups -OCH3 is 1. The van der Waals surface area contributed by atoms with Crippen LogP contribution in [-0.4, -0.2) is 41.0 Å². The van der Waals surface area contributed by atoms with Crippen molar-refractivity contribution in [2.75, 3.05) is 20.3 Å². The number of fused-ring (bicyclic) bond motifs is 1. The third kappa shape index (κ3) is 4.70. The Hall–Kier alpha value is -4.10. The van der Waals surface area contributed by atoms with Gasteiger partial charge >= 0.3 is 11.7 Å². The highest BCUT2D eigenvalue weighted by atomic mass is 32.1. The molecule has 2 aromatic carbocycles. The first kappa shape index (κ1) is 25.0. The number of nitrogens with zero attached hydrogens (tertiary/aromatic N) is 1. The van der Waals surface area contributed by atoms with E-state index in [0.717, 1.165) is 29.5 Å². The summed E-state index contributed by atoms with van der Waals surface area (Å²) in [5, 5.41) is 10.4. The van der Waals surface area contributed by atoms with Crippen molar-refractivity contribution in [3.05, 3.63) is 84.4 Å². The number of nitrogens with one attached hydrogen (secondary N) is 1. The van der Waals surface area contributed by atoms with Gasteiger partial charge in [0.1, 0.15) is 23.9 Å². The van der Waals surface area contributed by atoms with E-state index in [-0.39, 0.29) is 40.3 Å². The number of aromatic nitrogens is 2. The molecule has 13 heteroatoms. The summed E-state index contributed by atoms with van der Waals surface area (Å²) in [5.41, 5.74) is -2.32. The summed E-state index contributed by atoms with van der Waals surface area (Å²) in [5.74, 6) is -5.44. The van der Waals surface area contributed by atoms with Crippen LogP contribution in [0.1, 0.15) is 15.2 Å². The van der Waals surface area contributed by atoms with Crippen LogP contribution in [0.15, 0.2) is 45.3 Å². The van der Waals surface area contributed by atoms with E-state index in [2.05, 4.69) is 4.98 Å². The van der Waals surface area contributed by atoms with Gasteiger partial charge in [-0.05, 0) is 29.8 Å². The topological polar surface area (TPSA) is 120 Å². The average Bonchev–Trinajstić information content (AvgIpc) is 3.27. The van der Waals surface area contributed by atoms with Crippen molar-refractivity contribution >= 4 is 28.2 Å². The molecule has 4 aromatic rings. The highest BCUT2D eigenvalue weighted by Gasteiger charge is 2.21. The van der Waals surface area contributed by atoms with Gasteiger partial charge in [-0.3, -0.25) is 4.79 Å². The second-order valence-corrected chi connectivity index (χ2v) is 8.21. The summed E-state index contributed by atoms with van der Waals surface area (Å²) >= 11 is 0.739. The smallest absolute Gasteiger partial charge is 0.346 e. The third-order valence-corrected chi connectivity index (χ3v) is 6.01. The number of aromatic carboxylic acids is 1. The van der Waals surface area contributed by atoms with Crippen LogP contribution in [-0.2, 0) is 11.3 Å². The molecule has 0 fully saturated rings. The molecule has 0 spiro atoms. The summed E-state index contributed by atoms with van der Waals surface area (Å²) in [6.45, 7) is -0.198. The predicted molar refractivity (Wildman–Crippen MR) is 123 cm³/mol. The molecule has 0 aliphatic carbocycles. The van der Waals surface area contributed by atoms with Crippen LogP contribution in [0.5, 0.6) is 11.5 Å². The molecule has 188 valence electrons. The summed E-state index contributed by atoms with van der Waals surface area (Å²) in [4.78, 5) is 39.1. The molecule has 0 unspecified atom stereocenters. The zero-order chi connectivity index (χ0) is 26.0. The normalized spacial score (nSPS) is 11.1. The fraction of sp³-hybridized carbons (Fsp3) is 0.174. The lowest BCUT2D eigenvalue weighted by molar-refractivity contribution is 0.0704. The van der Waals surface area contributed by atoms with Gasteiger partial charge in [0.2, 0.25) is 11.6 Å². The molecule has 2 N–H and O–H groups in total. The average molecular weight is 522 g/mol. The summed E-state index contributed by atoms with van der Waals surface area (Å²) in [7, 11) is 1.44. The van der Waals surface area contributed by atoms with Crippen molar-refractivity contribution in [3.63, 3.8) is 0 Å². The van der Waals surface area contributed by atoms with E-state index < -0.39 is 52.7 Å². The number of carboxylic acids is 1. The lowest BCUT2D eigenvalue weighted by Gasteiger charge is -2.14. The van der Waals surface area contributed by atoms with Crippen LogP contribution >= 0.6 is 11.3 Å². The first-order chi connectivity index (χ1) is 17.2.